The van der Waals surface area contributed by atoms with E-state index in [2.05, 4.69) is 29.5 Å². The summed E-state index contributed by atoms with van der Waals surface area (Å²) in [5.74, 6) is 0.984. The van der Waals surface area contributed by atoms with E-state index in [1.165, 1.54) is 0 Å². The van der Waals surface area contributed by atoms with Crippen LogP contribution in [0.4, 0.5) is 5.82 Å². The summed E-state index contributed by atoms with van der Waals surface area (Å²) in [6.45, 7) is 6.92. The normalized spacial score (nSPS) is 10.3. The van der Waals surface area contributed by atoms with E-state index in [1.807, 2.05) is 13.0 Å². The highest BCUT2D eigenvalue weighted by Gasteiger charge is 2.10. The lowest BCUT2D eigenvalue weighted by Crippen LogP contribution is -2.19. The summed E-state index contributed by atoms with van der Waals surface area (Å²) < 4.78 is 0. The standard InChI is InChI=1S/C12H19N3O/c1-5-14-11-7-9(12(16)13-4)6-10(15-11)8(2)3/h6-8H,5H2,1-4H3,(H,13,16)(H,14,15). The number of hydrogen-bond donors (Lipinski definition) is 2. The van der Waals surface area contributed by atoms with Crippen LogP contribution in [0.2, 0.25) is 0 Å². The van der Waals surface area contributed by atoms with Crippen LogP contribution >= 0.6 is 0 Å². The van der Waals surface area contributed by atoms with Crippen molar-refractivity contribution in [2.45, 2.75) is 26.7 Å². The summed E-state index contributed by atoms with van der Waals surface area (Å²) in [6.07, 6.45) is 0. The number of rotatable bonds is 4. The molecule has 0 spiro atoms. The van der Waals surface area contributed by atoms with Crippen molar-refractivity contribution in [2.24, 2.45) is 0 Å². The third kappa shape index (κ3) is 2.95. The molecule has 0 bridgehead atoms. The molecule has 1 amide bonds. The molecular formula is C12H19N3O. The molecule has 0 radical (unpaired) electrons. The number of nitrogens with one attached hydrogen (secondary N) is 2. The average Bonchev–Trinajstić information content (AvgIpc) is 2.28. The Morgan fingerprint density at radius 1 is 1.44 bits per heavy atom. The van der Waals surface area contributed by atoms with E-state index in [4.69, 9.17) is 0 Å². The van der Waals surface area contributed by atoms with Gasteiger partial charge in [0.05, 0.1) is 0 Å². The predicted molar refractivity (Wildman–Crippen MR) is 65.9 cm³/mol. The van der Waals surface area contributed by atoms with Crippen molar-refractivity contribution in [3.63, 3.8) is 0 Å². The maximum atomic E-state index is 11.6. The molecule has 0 aliphatic heterocycles. The Hall–Kier alpha value is -1.58. The highest BCUT2D eigenvalue weighted by atomic mass is 16.1. The predicted octanol–water partition coefficient (Wildman–Crippen LogP) is 2.00. The third-order valence-corrected chi connectivity index (χ3v) is 2.28. The van der Waals surface area contributed by atoms with Gasteiger partial charge in [-0.3, -0.25) is 4.79 Å². The second-order valence-corrected chi connectivity index (χ2v) is 3.93. The van der Waals surface area contributed by atoms with Crippen LogP contribution in [-0.4, -0.2) is 24.5 Å². The van der Waals surface area contributed by atoms with E-state index in [0.29, 0.717) is 11.5 Å². The van der Waals surface area contributed by atoms with Crippen molar-refractivity contribution in [3.05, 3.63) is 23.4 Å². The first-order valence-corrected chi connectivity index (χ1v) is 5.56. The Morgan fingerprint density at radius 2 is 2.12 bits per heavy atom. The molecule has 2 N–H and O–H groups in total. The fourth-order valence-electron chi connectivity index (χ4n) is 1.39. The number of amides is 1. The summed E-state index contributed by atoms with van der Waals surface area (Å²) in [7, 11) is 1.63. The van der Waals surface area contributed by atoms with Crippen LogP contribution in [0.1, 0.15) is 42.7 Å². The van der Waals surface area contributed by atoms with Crippen LogP contribution < -0.4 is 10.6 Å². The highest BCUT2D eigenvalue weighted by molar-refractivity contribution is 5.94. The van der Waals surface area contributed by atoms with Crippen LogP contribution in [0.25, 0.3) is 0 Å². The number of pyridine rings is 1. The quantitative estimate of drug-likeness (QED) is 0.817. The highest BCUT2D eigenvalue weighted by Crippen LogP contribution is 2.17. The molecule has 0 saturated carbocycles. The Kier molecular flexibility index (Phi) is 4.28. The molecule has 0 saturated heterocycles. The van der Waals surface area contributed by atoms with E-state index in [0.717, 1.165) is 18.1 Å². The van der Waals surface area contributed by atoms with Crippen molar-refractivity contribution >= 4 is 11.7 Å². The molecule has 1 heterocycles. The van der Waals surface area contributed by atoms with Crippen LogP contribution in [0.15, 0.2) is 12.1 Å². The molecule has 4 nitrogen and oxygen atoms in total. The molecule has 1 aromatic rings. The molecule has 1 aromatic heterocycles. The van der Waals surface area contributed by atoms with Crippen molar-refractivity contribution in [2.75, 3.05) is 18.9 Å². The molecule has 0 unspecified atom stereocenters. The monoisotopic (exact) mass is 221 g/mol. The van der Waals surface area contributed by atoms with Gasteiger partial charge >= 0.3 is 0 Å². The zero-order valence-electron chi connectivity index (χ0n) is 10.3. The number of carbonyl (C=O) groups excluding carboxylic acids is 1. The zero-order chi connectivity index (χ0) is 12.1. The van der Waals surface area contributed by atoms with Crippen LogP contribution in [0.5, 0.6) is 0 Å². The first-order valence-electron chi connectivity index (χ1n) is 5.56. The first-order chi connectivity index (χ1) is 7.58. The maximum Gasteiger partial charge on any atom is 0.251 e. The lowest BCUT2D eigenvalue weighted by molar-refractivity contribution is 0.0963. The minimum Gasteiger partial charge on any atom is -0.370 e. The molecule has 0 aliphatic carbocycles. The number of hydrogen-bond acceptors (Lipinski definition) is 3. The second kappa shape index (κ2) is 5.49. The van der Waals surface area contributed by atoms with Crippen molar-refractivity contribution in [3.8, 4) is 0 Å². The molecule has 1 rings (SSSR count). The van der Waals surface area contributed by atoms with Gasteiger partial charge in [0.2, 0.25) is 0 Å². The molecule has 16 heavy (non-hydrogen) atoms. The van der Waals surface area contributed by atoms with Gasteiger partial charge in [-0.05, 0) is 25.0 Å². The number of carbonyl (C=O) groups is 1. The SMILES string of the molecule is CCNc1cc(C(=O)NC)cc(C(C)C)n1. The average molecular weight is 221 g/mol. The van der Waals surface area contributed by atoms with E-state index in [9.17, 15) is 4.79 Å². The molecular weight excluding hydrogens is 202 g/mol. The summed E-state index contributed by atoms with van der Waals surface area (Å²) in [4.78, 5) is 16.0. The Bertz CT molecular complexity index is 375. The second-order valence-electron chi connectivity index (χ2n) is 3.93. The Labute approximate surface area is 96.5 Å². The Balaban J connectivity index is 3.13. The smallest absolute Gasteiger partial charge is 0.251 e. The Morgan fingerprint density at radius 3 is 2.62 bits per heavy atom. The topological polar surface area (TPSA) is 54.0 Å². The largest absolute Gasteiger partial charge is 0.370 e. The van der Waals surface area contributed by atoms with Gasteiger partial charge in [0.15, 0.2) is 0 Å². The van der Waals surface area contributed by atoms with E-state index < -0.39 is 0 Å². The number of nitrogens with zero attached hydrogens (tertiary/aromatic N) is 1. The lowest BCUT2D eigenvalue weighted by atomic mass is 10.1. The third-order valence-electron chi connectivity index (χ3n) is 2.28. The van der Waals surface area contributed by atoms with Crippen molar-refractivity contribution in [1.29, 1.82) is 0 Å². The van der Waals surface area contributed by atoms with Crippen molar-refractivity contribution < 1.29 is 4.79 Å². The molecule has 0 aromatic carbocycles. The van der Waals surface area contributed by atoms with Gasteiger partial charge in [0.1, 0.15) is 5.82 Å². The van der Waals surface area contributed by atoms with Crippen LogP contribution in [0.3, 0.4) is 0 Å². The zero-order valence-corrected chi connectivity index (χ0v) is 10.3. The molecule has 88 valence electrons. The van der Waals surface area contributed by atoms with Crippen molar-refractivity contribution in [1.82, 2.24) is 10.3 Å². The lowest BCUT2D eigenvalue weighted by Gasteiger charge is -2.11. The fraction of sp³-hybridized carbons (Fsp3) is 0.500. The van der Waals surface area contributed by atoms with Gasteiger partial charge < -0.3 is 10.6 Å². The van der Waals surface area contributed by atoms with Gasteiger partial charge in [-0.1, -0.05) is 13.8 Å². The van der Waals surface area contributed by atoms with E-state index >= 15 is 0 Å². The van der Waals surface area contributed by atoms with Gasteiger partial charge in [-0.2, -0.15) is 0 Å². The summed E-state index contributed by atoms with van der Waals surface area (Å²) >= 11 is 0. The summed E-state index contributed by atoms with van der Waals surface area (Å²) in [5.41, 5.74) is 1.58. The minimum absolute atomic E-state index is 0.0801. The van der Waals surface area contributed by atoms with Gasteiger partial charge in [0.25, 0.3) is 5.91 Å². The fourth-order valence-corrected chi connectivity index (χ4v) is 1.39. The minimum atomic E-state index is -0.0801. The summed E-state index contributed by atoms with van der Waals surface area (Å²) in [5, 5.41) is 5.75. The van der Waals surface area contributed by atoms with E-state index in [1.54, 1.807) is 13.1 Å². The maximum absolute atomic E-state index is 11.6. The van der Waals surface area contributed by atoms with Crippen LogP contribution in [0, 0.1) is 0 Å². The number of aromatic nitrogens is 1. The van der Waals surface area contributed by atoms with E-state index in [-0.39, 0.29) is 5.91 Å². The first kappa shape index (κ1) is 12.5. The molecule has 0 atom stereocenters. The van der Waals surface area contributed by atoms with Gasteiger partial charge in [-0.25, -0.2) is 4.98 Å². The molecule has 4 heteroatoms. The van der Waals surface area contributed by atoms with Gasteiger partial charge in [-0.15, -0.1) is 0 Å². The van der Waals surface area contributed by atoms with Gasteiger partial charge in [0, 0.05) is 24.8 Å². The summed E-state index contributed by atoms with van der Waals surface area (Å²) in [6, 6.07) is 3.61. The molecule has 0 fully saturated rings. The van der Waals surface area contributed by atoms with Crippen LogP contribution in [-0.2, 0) is 0 Å². The number of anilines is 1. The molecule has 0 aliphatic rings.